The molecule has 1 aromatic rings. The first-order chi connectivity index (χ1) is 12.9. The molecule has 5 unspecified atom stereocenters. The fourth-order valence-electron chi connectivity index (χ4n) is 6.78. The van der Waals surface area contributed by atoms with Crippen LogP contribution in [0.1, 0.15) is 63.5 Å². The van der Waals surface area contributed by atoms with Gasteiger partial charge in [0.25, 0.3) is 0 Å². The van der Waals surface area contributed by atoms with E-state index in [2.05, 4.69) is 56.2 Å². The zero-order chi connectivity index (χ0) is 18.8. The summed E-state index contributed by atoms with van der Waals surface area (Å²) in [5.74, 6) is 1.38. The van der Waals surface area contributed by atoms with Crippen LogP contribution in [0.4, 0.5) is 0 Å². The summed E-state index contributed by atoms with van der Waals surface area (Å²) in [5.41, 5.74) is 7.76. The molecule has 27 heavy (non-hydrogen) atoms. The summed E-state index contributed by atoms with van der Waals surface area (Å²) in [7, 11) is 0. The molecule has 1 aromatic heterocycles. The van der Waals surface area contributed by atoms with Gasteiger partial charge in [0.15, 0.2) is 0 Å². The highest BCUT2D eigenvalue weighted by Gasteiger charge is 2.54. The third-order valence-electron chi connectivity index (χ3n) is 8.45. The number of pyridine rings is 1. The second-order valence-electron chi connectivity index (χ2n) is 9.76. The van der Waals surface area contributed by atoms with Crippen LogP contribution in [0.25, 0.3) is 5.57 Å². The van der Waals surface area contributed by atoms with Crippen molar-refractivity contribution >= 4 is 5.57 Å². The number of allylic oxidation sites excluding steroid dienone is 5. The van der Waals surface area contributed by atoms with Crippen LogP contribution >= 0.6 is 0 Å². The van der Waals surface area contributed by atoms with Crippen molar-refractivity contribution in [2.75, 3.05) is 0 Å². The van der Waals surface area contributed by atoms with E-state index < -0.39 is 0 Å². The van der Waals surface area contributed by atoms with Crippen molar-refractivity contribution in [1.82, 2.24) is 4.98 Å². The van der Waals surface area contributed by atoms with Crippen LogP contribution < -0.4 is 0 Å². The SMILES string of the molecule is Cc1ccncc1C1=CC=C2C3CC=C4CC(O)CCC4(C)C3CCC12C. The quantitative estimate of drug-likeness (QED) is 0.658. The number of aliphatic hydroxyl groups is 1. The first-order valence-electron chi connectivity index (χ1n) is 10.6. The zero-order valence-electron chi connectivity index (χ0n) is 16.8. The lowest BCUT2D eigenvalue weighted by molar-refractivity contribution is 0.0369. The van der Waals surface area contributed by atoms with Gasteiger partial charge in [-0.1, -0.05) is 43.2 Å². The highest BCUT2D eigenvalue weighted by atomic mass is 16.3. The molecule has 2 heteroatoms. The van der Waals surface area contributed by atoms with Crippen molar-refractivity contribution in [3.05, 3.63) is 59.0 Å². The number of nitrogens with zero attached hydrogens (tertiary/aromatic N) is 1. The maximum atomic E-state index is 10.2. The summed E-state index contributed by atoms with van der Waals surface area (Å²) in [6.45, 7) is 7.15. The second-order valence-corrected chi connectivity index (χ2v) is 9.76. The Kier molecular flexibility index (Phi) is 3.82. The number of fused-ring (bicyclic) bond motifs is 5. The average molecular weight is 362 g/mol. The number of aliphatic hydroxyl groups excluding tert-OH is 1. The van der Waals surface area contributed by atoms with E-state index in [4.69, 9.17) is 0 Å². The fraction of sp³-hybridized carbons (Fsp3) is 0.560. The zero-order valence-corrected chi connectivity index (χ0v) is 16.8. The van der Waals surface area contributed by atoms with Gasteiger partial charge in [0.2, 0.25) is 0 Å². The summed E-state index contributed by atoms with van der Waals surface area (Å²) in [6.07, 6.45) is 17.8. The molecule has 0 radical (unpaired) electrons. The molecular weight excluding hydrogens is 330 g/mol. The van der Waals surface area contributed by atoms with Crippen LogP contribution in [-0.4, -0.2) is 16.2 Å². The van der Waals surface area contributed by atoms with Crippen LogP contribution in [0.2, 0.25) is 0 Å². The van der Waals surface area contributed by atoms with Gasteiger partial charge in [-0.15, -0.1) is 0 Å². The predicted molar refractivity (Wildman–Crippen MR) is 110 cm³/mol. The third-order valence-corrected chi connectivity index (χ3v) is 8.45. The van der Waals surface area contributed by atoms with Crippen molar-refractivity contribution in [3.8, 4) is 0 Å². The molecule has 0 amide bonds. The fourth-order valence-corrected chi connectivity index (χ4v) is 6.78. The predicted octanol–water partition coefficient (Wildman–Crippen LogP) is 5.63. The van der Waals surface area contributed by atoms with Gasteiger partial charge in [-0.25, -0.2) is 0 Å². The lowest BCUT2D eigenvalue weighted by Crippen LogP contribution is -2.47. The Bertz CT molecular complexity index is 878. The van der Waals surface area contributed by atoms with Gasteiger partial charge < -0.3 is 5.11 Å². The van der Waals surface area contributed by atoms with Crippen molar-refractivity contribution in [2.24, 2.45) is 22.7 Å². The Balaban J connectivity index is 1.50. The molecule has 0 saturated heterocycles. The maximum Gasteiger partial charge on any atom is 0.0577 e. The summed E-state index contributed by atoms with van der Waals surface area (Å²) in [5, 5.41) is 10.2. The largest absolute Gasteiger partial charge is 0.393 e. The molecule has 2 nitrogen and oxygen atoms in total. The molecule has 4 aliphatic carbocycles. The van der Waals surface area contributed by atoms with E-state index >= 15 is 0 Å². The smallest absolute Gasteiger partial charge is 0.0577 e. The number of aryl methyl sites for hydroxylation is 1. The minimum absolute atomic E-state index is 0.123. The van der Waals surface area contributed by atoms with Gasteiger partial charge in [0, 0.05) is 17.8 Å². The molecule has 0 bridgehead atoms. The molecule has 5 atom stereocenters. The minimum Gasteiger partial charge on any atom is -0.393 e. The van der Waals surface area contributed by atoms with Crippen molar-refractivity contribution in [2.45, 2.75) is 65.4 Å². The Morgan fingerprint density at radius 3 is 2.81 bits per heavy atom. The maximum absolute atomic E-state index is 10.2. The first kappa shape index (κ1) is 17.4. The lowest BCUT2D eigenvalue weighted by Gasteiger charge is -2.56. The van der Waals surface area contributed by atoms with Gasteiger partial charge in [-0.2, -0.15) is 0 Å². The molecule has 4 aliphatic rings. The van der Waals surface area contributed by atoms with E-state index in [1.165, 1.54) is 29.5 Å². The topological polar surface area (TPSA) is 33.1 Å². The average Bonchev–Trinajstić information content (AvgIpc) is 3.00. The Morgan fingerprint density at radius 2 is 2.00 bits per heavy atom. The second kappa shape index (κ2) is 5.91. The number of rotatable bonds is 1. The van der Waals surface area contributed by atoms with E-state index in [9.17, 15) is 5.11 Å². The van der Waals surface area contributed by atoms with Crippen LogP contribution in [-0.2, 0) is 0 Å². The summed E-state index contributed by atoms with van der Waals surface area (Å²) in [6, 6.07) is 2.13. The van der Waals surface area contributed by atoms with Crippen LogP contribution in [0.3, 0.4) is 0 Å². The summed E-state index contributed by atoms with van der Waals surface area (Å²) in [4.78, 5) is 4.42. The van der Waals surface area contributed by atoms with Crippen molar-refractivity contribution in [1.29, 1.82) is 0 Å². The van der Waals surface area contributed by atoms with E-state index in [1.54, 1.807) is 11.1 Å². The number of hydrogen-bond donors (Lipinski definition) is 1. The van der Waals surface area contributed by atoms with Gasteiger partial charge in [0.05, 0.1) is 6.10 Å². The van der Waals surface area contributed by atoms with Crippen molar-refractivity contribution < 1.29 is 5.11 Å². The molecule has 2 fully saturated rings. The molecule has 0 spiro atoms. The van der Waals surface area contributed by atoms with E-state index in [1.807, 2.05) is 6.20 Å². The highest BCUT2D eigenvalue weighted by Crippen LogP contribution is 2.64. The van der Waals surface area contributed by atoms with Gasteiger partial charge >= 0.3 is 0 Å². The first-order valence-corrected chi connectivity index (χ1v) is 10.6. The van der Waals surface area contributed by atoms with E-state index in [-0.39, 0.29) is 16.9 Å². The monoisotopic (exact) mass is 361 g/mol. The molecule has 5 rings (SSSR count). The Morgan fingerprint density at radius 1 is 1.15 bits per heavy atom. The van der Waals surface area contributed by atoms with E-state index in [0.29, 0.717) is 5.92 Å². The molecular formula is C25H31NO. The summed E-state index contributed by atoms with van der Waals surface area (Å²) >= 11 is 0. The van der Waals surface area contributed by atoms with Gasteiger partial charge in [-0.05, 0) is 85.5 Å². The standard InChI is InChI=1S/C25H31NO/c1-16-10-13-26-15-20(16)22-7-6-21-19-5-4-17-14-18(27)8-11-24(17,2)23(19)9-12-25(21,22)3/h4,6-7,10,13,15,18-19,23,27H,5,8-9,11-12,14H2,1-3H3. The molecule has 142 valence electrons. The number of hydrogen-bond acceptors (Lipinski definition) is 2. The third kappa shape index (κ3) is 2.38. The Hall–Kier alpha value is -1.67. The molecule has 0 aliphatic heterocycles. The molecule has 1 N–H and O–H groups in total. The normalized spacial score (nSPS) is 40.3. The van der Waals surface area contributed by atoms with Gasteiger partial charge in [0.1, 0.15) is 0 Å². The Labute approximate surface area is 163 Å². The summed E-state index contributed by atoms with van der Waals surface area (Å²) < 4.78 is 0. The highest BCUT2D eigenvalue weighted by molar-refractivity contribution is 5.79. The number of aromatic nitrogens is 1. The van der Waals surface area contributed by atoms with E-state index in [0.717, 1.165) is 31.6 Å². The van der Waals surface area contributed by atoms with Crippen LogP contribution in [0.15, 0.2) is 47.8 Å². The van der Waals surface area contributed by atoms with Crippen LogP contribution in [0, 0.1) is 29.6 Å². The van der Waals surface area contributed by atoms with Crippen LogP contribution in [0.5, 0.6) is 0 Å². The molecule has 1 heterocycles. The minimum atomic E-state index is -0.123. The lowest BCUT2D eigenvalue weighted by atomic mass is 9.49. The van der Waals surface area contributed by atoms with Crippen molar-refractivity contribution in [3.63, 3.8) is 0 Å². The van der Waals surface area contributed by atoms with Gasteiger partial charge in [-0.3, -0.25) is 4.98 Å². The molecule has 2 saturated carbocycles. The molecule has 0 aromatic carbocycles.